The van der Waals surface area contributed by atoms with Crippen LogP contribution in [0.1, 0.15) is 6.42 Å². The zero-order valence-electron chi connectivity index (χ0n) is 10.1. The summed E-state index contributed by atoms with van der Waals surface area (Å²) in [5, 5.41) is 0. The number of ether oxygens (including phenoxy) is 1. The molecule has 1 aliphatic rings. The summed E-state index contributed by atoms with van der Waals surface area (Å²) >= 11 is 0. The van der Waals surface area contributed by atoms with Gasteiger partial charge in [0.05, 0.1) is 7.11 Å². The highest BCUT2D eigenvalue weighted by Gasteiger charge is 2.32. The maximum absolute atomic E-state index is 12.4. The van der Waals surface area contributed by atoms with Crippen molar-refractivity contribution in [3.05, 3.63) is 24.3 Å². The SMILES string of the molecule is COc1ccccc1S(=O)(=O)N1CC[C@@H](N)C1.Cl. The number of sulfonamides is 1. The van der Waals surface area contributed by atoms with Crippen LogP contribution in [0.5, 0.6) is 5.75 Å². The predicted octanol–water partition coefficient (Wildman–Crippen LogP) is 0.839. The summed E-state index contributed by atoms with van der Waals surface area (Å²) in [6, 6.07) is 6.55. The molecule has 0 saturated carbocycles. The molecule has 0 amide bonds. The summed E-state index contributed by atoms with van der Waals surface area (Å²) in [4.78, 5) is 0.205. The minimum Gasteiger partial charge on any atom is -0.495 e. The van der Waals surface area contributed by atoms with Crippen molar-refractivity contribution < 1.29 is 13.2 Å². The minimum absolute atomic E-state index is 0. The van der Waals surface area contributed by atoms with E-state index in [-0.39, 0.29) is 23.3 Å². The zero-order valence-corrected chi connectivity index (χ0v) is 11.7. The van der Waals surface area contributed by atoms with Crippen LogP contribution in [-0.2, 0) is 10.0 Å². The Labute approximate surface area is 113 Å². The summed E-state index contributed by atoms with van der Waals surface area (Å²) in [6.07, 6.45) is 0.703. The van der Waals surface area contributed by atoms with Gasteiger partial charge in [-0.25, -0.2) is 8.42 Å². The van der Waals surface area contributed by atoms with Gasteiger partial charge in [0, 0.05) is 19.1 Å². The van der Waals surface area contributed by atoms with Crippen molar-refractivity contribution in [3.8, 4) is 5.75 Å². The molecule has 0 spiro atoms. The standard InChI is InChI=1S/C11H16N2O3S.ClH/c1-16-10-4-2-3-5-11(10)17(14,15)13-7-6-9(12)8-13;/h2-5,9H,6-8,12H2,1H3;1H/t9-;/m1./s1. The van der Waals surface area contributed by atoms with Gasteiger partial charge in [-0.05, 0) is 18.6 Å². The molecule has 1 fully saturated rings. The first kappa shape index (κ1) is 15.2. The van der Waals surface area contributed by atoms with Crippen molar-refractivity contribution in [1.82, 2.24) is 4.31 Å². The van der Waals surface area contributed by atoms with Crippen molar-refractivity contribution >= 4 is 22.4 Å². The Morgan fingerprint density at radius 2 is 2.06 bits per heavy atom. The Morgan fingerprint density at radius 3 is 2.61 bits per heavy atom. The average molecular weight is 293 g/mol. The Kier molecular flexibility index (Phi) is 4.98. The molecule has 0 aromatic heterocycles. The van der Waals surface area contributed by atoms with Crippen molar-refractivity contribution in [2.75, 3.05) is 20.2 Å². The van der Waals surface area contributed by atoms with Crippen LogP contribution in [0.2, 0.25) is 0 Å². The molecule has 18 heavy (non-hydrogen) atoms. The molecular formula is C11H17ClN2O3S. The number of hydrogen-bond acceptors (Lipinski definition) is 4. The molecule has 1 aliphatic heterocycles. The number of benzene rings is 1. The van der Waals surface area contributed by atoms with Crippen LogP contribution >= 0.6 is 12.4 Å². The number of halogens is 1. The first-order valence-electron chi connectivity index (χ1n) is 5.44. The van der Waals surface area contributed by atoms with Crippen molar-refractivity contribution in [3.63, 3.8) is 0 Å². The molecule has 7 heteroatoms. The van der Waals surface area contributed by atoms with E-state index < -0.39 is 10.0 Å². The number of methoxy groups -OCH3 is 1. The molecule has 2 N–H and O–H groups in total. The van der Waals surface area contributed by atoms with E-state index in [2.05, 4.69) is 0 Å². The van der Waals surface area contributed by atoms with Gasteiger partial charge in [0.25, 0.3) is 0 Å². The topological polar surface area (TPSA) is 72.6 Å². The fourth-order valence-electron chi connectivity index (χ4n) is 1.94. The zero-order chi connectivity index (χ0) is 12.5. The predicted molar refractivity (Wildman–Crippen MR) is 71.6 cm³/mol. The van der Waals surface area contributed by atoms with Gasteiger partial charge in [-0.15, -0.1) is 12.4 Å². The van der Waals surface area contributed by atoms with Crippen LogP contribution in [-0.4, -0.2) is 39.0 Å². The molecule has 102 valence electrons. The summed E-state index contributed by atoms with van der Waals surface area (Å²) in [6.45, 7) is 0.849. The smallest absolute Gasteiger partial charge is 0.246 e. The van der Waals surface area contributed by atoms with E-state index in [0.717, 1.165) is 0 Å². The number of hydrogen-bond donors (Lipinski definition) is 1. The van der Waals surface area contributed by atoms with E-state index in [1.807, 2.05) is 0 Å². The largest absolute Gasteiger partial charge is 0.495 e. The fourth-order valence-corrected chi connectivity index (χ4v) is 3.61. The number of nitrogens with zero attached hydrogens (tertiary/aromatic N) is 1. The molecule has 0 bridgehead atoms. The van der Waals surface area contributed by atoms with Crippen molar-refractivity contribution in [2.24, 2.45) is 5.73 Å². The van der Waals surface area contributed by atoms with E-state index in [1.54, 1.807) is 24.3 Å². The van der Waals surface area contributed by atoms with Crippen LogP contribution < -0.4 is 10.5 Å². The van der Waals surface area contributed by atoms with Gasteiger partial charge in [-0.1, -0.05) is 12.1 Å². The van der Waals surface area contributed by atoms with Gasteiger partial charge < -0.3 is 10.5 Å². The lowest BCUT2D eigenvalue weighted by molar-refractivity contribution is 0.398. The molecule has 1 atom stereocenters. The van der Waals surface area contributed by atoms with Gasteiger partial charge in [-0.2, -0.15) is 4.31 Å². The second-order valence-electron chi connectivity index (χ2n) is 4.06. The molecule has 5 nitrogen and oxygen atoms in total. The molecule has 1 aromatic rings. The third kappa shape index (κ3) is 2.77. The molecule has 1 aromatic carbocycles. The van der Waals surface area contributed by atoms with Crippen molar-refractivity contribution in [2.45, 2.75) is 17.4 Å². The quantitative estimate of drug-likeness (QED) is 0.896. The highest BCUT2D eigenvalue weighted by atomic mass is 35.5. The van der Waals surface area contributed by atoms with Crippen LogP contribution in [0.15, 0.2) is 29.2 Å². The van der Waals surface area contributed by atoms with E-state index in [9.17, 15) is 8.42 Å². The lowest BCUT2D eigenvalue weighted by atomic mass is 10.3. The second-order valence-corrected chi connectivity index (χ2v) is 5.97. The first-order chi connectivity index (χ1) is 8.05. The van der Waals surface area contributed by atoms with Gasteiger partial charge in [0.2, 0.25) is 10.0 Å². The maximum Gasteiger partial charge on any atom is 0.246 e. The van der Waals surface area contributed by atoms with Gasteiger partial charge >= 0.3 is 0 Å². The number of para-hydroxylation sites is 1. The Bertz CT molecular complexity index is 507. The minimum atomic E-state index is -3.49. The fraction of sp³-hybridized carbons (Fsp3) is 0.455. The summed E-state index contributed by atoms with van der Waals surface area (Å²) in [5.41, 5.74) is 5.73. The molecule has 0 radical (unpaired) electrons. The number of nitrogens with two attached hydrogens (primary N) is 1. The van der Waals surface area contributed by atoms with E-state index in [0.29, 0.717) is 25.3 Å². The van der Waals surface area contributed by atoms with E-state index >= 15 is 0 Å². The molecular weight excluding hydrogens is 276 g/mol. The average Bonchev–Trinajstić information content (AvgIpc) is 2.76. The highest BCUT2D eigenvalue weighted by Crippen LogP contribution is 2.27. The maximum atomic E-state index is 12.4. The molecule has 0 aliphatic carbocycles. The van der Waals surface area contributed by atoms with Crippen LogP contribution in [0.25, 0.3) is 0 Å². The number of rotatable bonds is 3. The van der Waals surface area contributed by atoms with Gasteiger partial charge in [-0.3, -0.25) is 0 Å². The highest BCUT2D eigenvalue weighted by molar-refractivity contribution is 7.89. The Morgan fingerprint density at radius 1 is 1.39 bits per heavy atom. The van der Waals surface area contributed by atoms with Gasteiger partial charge in [0.1, 0.15) is 10.6 Å². The molecule has 1 saturated heterocycles. The third-order valence-electron chi connectivity index (χ3n) is 2.87. The van der Waals surface area contributed by atoms with Crippen LogP contribution in [0, 0.1) is 0 Å². The van der Waals surface area contributed by atoms with E-state index in [1.165, 1.54) is 11.4 Å². The normalized spacial score (nSPS) is 20.4. The lowest BCUT2D eigenvalue weighted by Crippen LogP contribution is -2.32. The summed E-state index contributed by atoms with van der Waals surface area (Å²) in [7, 11) is -2.02. The lowest BCUT2D eigenvalue weighted by Gasteiger charge is -2.17. The molecule has 1 heterocycles. The second kappa shape index (κ2) is 5.88. The Balaban J connectivity index is 0.00000162. The summed E-state index contributed by atoms with van der Waals surface area (Å²) in [5.74, 6) is 0.368. The monoisotopic (exact) mass is 292 g/mol. The third-order valence-corrected chi connectivity index (χ3v) is 4.78. The van der Waals surface area contributed by atoms with E-state index in [4.69, 9.17) is 10.5 Å². The van der Waals surface area contributed by atoms with Crippen LogP contribution in [0.3, 0.4) is 0 Å². The van der Waals surface area contributed by atoms with Gasteiger partial charge in [0.15, 0.2) is 0 Å². The van der Waals surface area contributed by atoms with Crippen LogP contribution in [0.4, 0.5) is 0 Å². The first-order valence-corrected chi connectivity index (χ1v) is 6.88. The van der Waals surface area contributed by atoms with Crippen molar-refractivity contribution in [1.29, 1.82) is 0 Å². The summed E-state index contributed by atoms with van der Waals surface area (Å²) < 4.78 is 31.2. The molecule has 2 rings (SSSR count). The molecule has 0 unspecified atom stereocenters. The Hall–Kier alpha value is -0.820.